The first kappa shape index (κ1) is 21.6. The SMILES string of the molecule is C=C(c1ccccc1-n1nccn1)N1C[C@H](Oc2cc(C(C)(O)C3CC3)ccn2)CC[C@H]1C. The topological polar surface area (TPSA) is 76.3 Å². The second-order valence-electron chi connectivity index (χ2n) is 9.41. The zero-order valence-corrected chi connectivity index (χ0v) is 19.3. The van der Waals surface area contributed by atoms with Gasteiger partial charge in [0.2, 0.25) is 5.88 Å². The van der Waals surface area contributed by atoms with Gasteiger partial charge in [0.05, 0.1) is 30.2 Å². The molecule has 7 heteroatoms. The number of likely N-dealkylation sites (tertiary alicyclic amines) is 1. The van der Waals surface area contributed by atoms with E-state index in [4.69, 9.17) is 4.74 Å². The molecule has 1 aliphatic carbocycles. The lowest BCUT2D eigenvalue weighted by molar-refractivity contribution is 0.0321. The highest BCUT2D eigenvalue weighted by Gasteiger charge is 2.41. The molecule has 0 amide bonds. The minimum Gasteiger partial charge on any atom is -0.472 e. The number of aromatic nitrogens is 4. The summed E-state index contributed by atoms with van der Waals surface area (Å²) in [6.45, 7) is 9.27. The number of benzene rings is 1. The number of ether oxygens (including phenoxy) is 1. The summed E-state index contributed by atoms with van der Waals surface area (Å²) < 4.78 is 6.32. The Morgan fingerprint density at radius 3 is 2.61 bits per heavy atom. The number of nitrogens with zero attached hydrogens (tertiary/aromatic N) is 5. The molecule has 2 fully saturated rings. The summed E-state index contributed by atoms with van der Waals surface area (Å²) in [5.74, 6) is 0.895. The molecule has 2 aromatic heterocycles. The van der Waals surface area contributed by atoms with Gasteiger partial charge in [0.25, 0.3) is 0 Å². The molecule has 3 aromatic rings. The smallest absolute Gasteiger partial charge is 0.213 e. The number of pyridine rings is 1. The molecule has 0 spiro atoms. The molecule has 2 aliphatic rings. The molecule has 172 valence electrons. The first-order valence-electron chi connectivity index (χ1n) is 11.7. The van der Waals surface area contributed by atoms with Crippen molar-refractivity contribution in [3.05, 3.63) is 72.7 Å². The van der Waals surface area contributed by atoms with Crippen LogP contribution in [0.1, 0.15) is 50.7 Å². The van der Waals surface area contributed by atoms with E-state index in [0.29, 0.717) is 24.4 Å². The first-order chi connectivity index (χ1) is 15.9. The third kappa shape index (κ3) is 4.37. The molecule has 1 saturated heterocycles. The van der Waals surface area contributed by atoms with Gasteiger partial charge in [-0.3, -0.25) is 0 Å². The van der Waals surface area contributed by atoms with Gasteiger partial charge in [-0.25, -0.2) is 4.98 Å². The summed E-state index contributed by atoms with van der Waals surface area (Å²) in [6, 6.07) is 12.2. The number of hydrogen-bond donors (Lipinski definition) is 1. The number of para-hydroxylation sites is 1. The summed E-state index contributed by atoms with van der Waals surface area (Å²) >= 11 is 0. The maximum Gasteiger partial charge on any atom is 0.213 e. The largest absolute Gasteiger partial charge is 0.472 e. The highest BCUT2D eigenvalue weighted by Crippen LogP contribution is 2.45. The van der Waals surface area contributed by atoms with E-state index in [1.165, 1.54) is 0 Å². The van der Waals surface area contributed by atoms with Crippen molar-refractivity contribution >= 4 is 5.70 Å². The van der Waals surface area contributed by atoms with Crippen molar-refractivity contribution in [1.82, 2.24) is 24.9 Å². The molecule has 7 nitrogen and oxygen atoms in total. The van der Waals surface area contributed by atoms with E-state index in [9.17, 15) is 5.11 Å². The zero-order valence-electron chi connectivity index (χ0n) is 19.3. The normalized spacial score (nSPS) is 22.6. The van der Waals surface area contributed by atoms with Gasteiger partial charge in [-0.1, -0.05) is 24.8 Å². The van der Waals surface area contributed by atoms with Crippen molar-refractivity contribution in [1.29, 1.82) is 0 Å². The van der Waals surface area contributed by atoms with Gasteiger partial charge in [-0.2, -0.15) is 15.0 Å². The number of hydrogen-bond acceptors (Lipinski definition) is 6. The molecular weight excluding hydrogens is 414 g/mol. The highest BCUT2D eigenvalue weighted by molar-refractivity contribution is 5.69. The van der Waals surface area contributed by atoms with Crippen molar-refractivity contribution in [2.75, 3.05) is 6.54 Å². The molecule has 5 rings (SSSR count). The lowest BCUT2D eigenvalue weighted by atomic mass is 9.92. The Hall–Kier alpha value is -3.19. The van der Waals surface area contributed by atoms with E-state index in [2.05, 4.69) is 39.7 Å². The fraction of sp³-hybridized carbons (Fsp3) is 0.423. The van der Waals surface area contributed by atoms with Crippen LogP contribution in [0.3, 0.4) is 0 Å². The van der Waals surface area contributed by atoms with Crippen molar-refractivity contribution in [3.63, 3.8) is 0 Å². The molecule has 3 heterocycles. The molecule has 3 atom stereocenters. The van der Waals surface area contributed by atoms with E-state index in [1.54, 1.807) is 23.4 Å². The quantitative estimate of drug-likeness (QED) is 0.588. The third-order valence-corrected chi connectivity index (χ3v) is 7.01. The second kappa shape index (κ2) is 8.63. The Kier molecular flexibility index (Phi) is 5.66. The lowest BCUT2D eigenvalue weighted by Crippen LogP contribution is -2.45. The summed E-state index contributed by atoms with van der Waals surface area (Å²) in [6.07, 6.45) is 9.14. The van der Waals surface area contributed by atoms with E-state index < -0.39 is 5.60 Å². The standard InChI is InChI=1S/C26H31N5O2/c1-18-8-11-22(33-25-16-21(12-13-27-25)26(3,32)20-9-10-20)17-30(18)19(2)23-6-4-5-7-24(23)31-28-14-15-29-31/h4-7,12-16,18,20,22,32H,2,8-11,17H2,1,3H3/t18-,22-,26?/m1/s1. The Morgan fingerprint density at radius 2 is 1.85 bits per heavy atom. The molecule has 33 heavy (non-hydrogen) atoms. The van der Waals surface area contributed by atoms with Gasteiger partial charge in [0, 0.05) is 29.6 Å². The predicted octanol–water partition coefficient (Wildman–Crippen LogP) is 4.18. The summed E-state index contributed by atoms with van der Waals surface area (Å²) in [5, 5.41) is 19.5. The molecule has 1 unspecified atom stereocenters. The Labute approximate surface area is 194 Å². The number of aliphatic hydroxyl groups is 1. The second-order valence-corrected chi connectivity index (χ2v) is 9.41. The van der Waals surface area contributed by atoms with Crippen LogP contribution >= 0.6 is 0 Å². The van der Waals surface area contributed by atoms with Crippen molar-refractivity contribution in [3.8, 4) is 11.6 Å². The van der Waals surface area contributed by atoms with Gasteiger partial charge < -0.3 is 14.7 Å². The summed E-state index contributed by atoms with van der Waals surface area (Å²) in [5.41, 5.74) is 2.89. The van der Waals surface area contributed by atoms with Crippen LogP contribution in [0.25, 0.3) is 11.4 Å². The molecule has 1 aromatic carbocycles. The highest BCUT2D eigenvalue weighted by atomic mass is 16.5. The molecule has 0 bridgehead atoms. The van der Waals surface area contributed by atoms with Crippen LogP contribution < -0.4 is 4.74 Å². The molecule has 1 N–H and O–H groups in total. The fourth-order valence-electron chi connectivity index (χ4n) is 4.77. The molecule has 1 aliphatic heterocycles. The van der Waals surface area contributed by atoms with Gasteiger partial charge >= 0.3 is 0 Å². The van der Waals surface area contributed by atoms with Crippen molar-refractivity contribution in [2.24, 2.45) is 5.92 Å². The summed E-state index contributed by atoms with van der Waals surface area (Å²) in [4.78, 5) is 8.36. The van der Waals surface area contributed by atoms with Crippen LogP contribution in [0.15, 0.2) is 61.6 Å². The first-order valence-corrected chi connectivity index (χ1v) is 11.7. The van der Waals surface area contributed by atoms with E-state index >= 15 is 0 Å². The van der Waals surface area contributed by atoms with E-state index in [0.717, 1.165) is 48.2 Å². The van der Waals surface area contributed by atoms with Crippen LogP contribution in [0.5, 0.6) is 5.88 Å². The monoisotopic (exact) mass is 445 g/mol. The van der Waals surface area contributed by atoms with Crippen LogP contribution in [0.4, 0.5) is 0 Å². The maximum atomic E-state index is 10.9. The predicted molar refractivity (Wildman–Crippen MR) is 127 cm³/mol. The minimum absolute atomic E-state index is 0.0124. The Balaban J connectivity index is 1.33. The average molecular weight is 446 g/mol. The Morgan fingerprint density at radius 1 is 1.09 bits per heavy atom. The van der Waals surface area contributed by atoms with Crippen molar-refractivity contribution < 1.29 is 9.84 Å². The Bertz CT molecular complexity index is 1120. The van der Waals surface area contributed by atoms with Gasteiger partial charge in [-0.05, 0) is 63.1 Å². The van der Waals surface area contributed by atoms with Crippen LogP contribution in [-0.4, -0.2) is 48.7 Å². The van der Waals surface area contributed by atoms with E-state index in [-0.39, 0.29) is 6.10 Å². The van der Waals surface area contributed by atoms with Gasteiger partial charge in [-0.15, -0.1) is 0 Å². The molecular formula is C26H31N5O2. The maximum absolute atomic E-state index is 10.9. The van der Waals surface area contributed by atoms with Crippen LogP contribution in [-0.2, 0) is 5.60 Å². The van der Waals surface area contributed by atoms with Gasteiger partial charge in [0.1, 0.15) is 6.10 Å². The van der Waals surface area contributed by atoms with Crippen LogP contribution in [0.2, 0.25) is 0 Å². The lowest BCUT2D eigenvalue weighted by Gasteiger charge is -2.40. The van der Waals surface area contributed by atoms with Crippen LogP contribution in [0, 0.1) is 5.92 Å². The molecule has 0 radical (unpaired) electrons. The average Bonchev–Trinajstić information content (AvgIpc) is 3.56. The zero-order chi connectivity index (χ0) is 23.0. The van der Waals surface area contributed by atoms with Gasteiger partial charge in [0.15, 0.2) is 0 Å². The summed E-state index contributed by atoms with van der Waals surface area (Å²) in [7, 11) is 0. The minimum atomic E-state index is -0.827. The number of rotatable bonds is 7. The third-order valence-electron chi connectivity index (χ3n) is 7.01. The fourth-order valence-corrected chi connectivity index (χ4v) is 4.77. The van der Waals surface area contributed by atoms with E-state index in [1.807, 2.05) is 37.3 Å². The molecule has 1 saturated carbocycles. The number of piperidine rings is 1. The van der Waals surface area contributed by atoms with Crippen molar-refractivity contribution in [2.45, 2.75) is 57.3 Å².